The average molecular weight is 472 g/mol. The van der Waals surface area contributed by atoms with E-state index < -0.39 is 0 Å². The van der Waals surface area contributed by atoms with E-state index in [1.807, 2.05) is 0 Å². The summed E-state index contributed by atoms with van der Waals surface area (Å²) in [7, 11) is 2.20. The summed E-state index contributed by atoms with van der Waals surface area (Å²) in [5, 5.41) is 6.88. The molecule has 0 aromatic heterocycles. The molecule has 5 heteroatoms. The van der Waals surface area contributed by atoms with Gasteiger partial charge in [0.25, 0.3) is 0 Å². The van der Waals surface area contributed by atoms with E-state index in [9.17, 15) is 0 Å². The van der Waals surface area contributed by atoms with Crippen LogP contribution in [0.2, 0.25) is 0 Å². The van der Waals surface area contributed by atoms with E-state index in [-0.39, 0.29) is 29.4 Å². The Bertz CT molecular complexity index is 526. The third-order valence-electron chi connectivity index (χ3n) is 5.24. The summed E-state index contributed by atoms with van der Waals surface area (Å²) in [4.78, 5) is 7.27. The van der Waals surface area contributed by atoms with Gasteiger partial charge in [0.15, 0.2) is 5.96 Å². The van der Waals surface area contributed by atoms with Crippen LogP contribution in [0, 0.1) is 0 Å². The fourth-order valence-electron chi connectivity index (χ4n) is 3.00. The molecule has 1 aromatic carbocycles. The molecule has 1 aliphatic rings. The van der Waals surface area contributed by atoms with Crippen LogP contribution in [0.5, 0.6) is 0 Å². The maximum absolute atomic E-state index is 4.87. The van der Waals surface area contributed by atoms with Gasteiger partial charge in [-0.15, -0.1) is 24.0 Å². The van der Waals surface area contributed by atoms with Crippen LogP contribution in [0.4, 0.5) is 0 Å². The Morgan fingerprint density at radius 2 is 1.85 bits per heavy atom. The molecule has 0 atom stereocenters. The minimum atomic E-state index is 0. The molecule has 148 valence electrons. The van der Waals surface area contributed by atoms with E-state index in [2.05, 4.69) is 73.7 Å². The van der Waals surface area contributed by atoms with Gasteiger partial charge in [0.2, 0.25) is 0 Å². The zero-order valence-electron chi connectivity index (χ0n) is 16.9. The second kappa shape index (κ2) is 11.8. The van der Waals surface area contributed by atoms with E-state index in [4.69, 9.17) is 4.99 Å². The van der Waals surface area contributed by atoms with Gasteiger partial charge in [0.05, 0.1) is 6.54 Å². The first kappa shape index (κ1) is 23.2. The van der Waals surface area contributed by atoms with Crippen LogP contribution in [-0.2, 0) is 5.41 Å². The molecule has 26 heavy (non-hydrogen) atoms. The maximum Gasteiger partial charge on any atom is 0.191 e. The second-order valence-electron chi connectivity index (χ2n) is 7.55. The Labute approximate surface area is 177 Å². The highest BCUT2D eigenvalue weighted by atomic mass is 127. The minimum absolute atomic E-state index is 0. The van der Waals surface area contributed by atoms with Crippen LogP contribution in [0.25, 0.3) is 0 Å². The van der Waals surface area contributed by atoms with Gasteiger partial charge in [0.1, 0.15) is 0 Å². The fraction of sp³-hybridized carbons (Fsp3) is 0.667. The average Bonchev–Trinajstić information content (AvgIpc) is 3.41. The summed E-state index contributed by atoms with van der Waals surface area (Å²) >= 11 is 0. The van der Waals surface area contributed by atoms with Crippen molar-refractivity contribution >= 4 is 29.9 Å². The smallest absolute Gasteiger partial charge is 0.191 e. The van der Waals surface area contributed by atoms with Crippen molar-refractivity contribution in [3.63, 3.8) is 0 Å². The monoisotopic (exact) mass is 472 g/mol. The molecule has 1 saturated carbocycles. The lowest BCUT2D eigenvalue weighted by atomic mass is 9.96. The number of halogens is 1. The lowest BCUT2D eigenvalue weighted by Crippen LogP contribution is -2.38. The van der Waals surface area contributed by atoms with Crippen molar-refractivity contribution in [3.8, 4) is 0 Å². The highest BCUT2D eigenvalue weighted by molar-refractivity contribution is 14.0. The molecule has 4 nitrogen and oxygen atoms in total. The van der Waals surface area contributed by atoms with Crippen LogP contribution >= 0.6 is 24.0 Å². The van der Waals surface area contributed by atoms with E-state index >= 15 is 0 Å². The van der Waals surface area contributed by atoms with Crippen LogP contribution in [0.15, 0.2) is 35.3 Å². The summed E-state index contributed by atoms with van der Waals surface area (Å²) in [6, 6.07) is 11.5. The van der Waals surface area contributed by atoms with Crippen LogP contribution in [-0.4, -0.2) is 50.1 Å². The fourth-order valence-corrected chi connectivity index (χ4v) is 3.00. The summed E-state index contributed by atoms with van der Waals surface area (Å²) in [5.41, 5.74) is 1.72. The largest absolute Gasteiger partial charge is 0.357 e. The number of benzene rings is 1. The van der Waals surface area contributed by atoms with Crippen molar-refractivity contribution in [2.75, 3.05) is 33.2 Å². The molecule has 0 amide bonds. The molecule has 0 spiro atoms. The van der Waals surface area contributed by atoms with Crippen molar-refractivity contribution in [2.24, 2.45) is 4.99 Å². The van der Waals surface area contributed by atoms with Crippen LogP contribution < -0.4 is 10.6 Å². The van der Waals surface area contributed by atoms with Gasteiger partial charge in [0, 0.05) is 24.5 Å². The molecule has 2 rings (SSSR count). The second-order valence-corrected chi connectivity index (χ2v) is 7.55. The van der Waals surface area contributed by atoms with Crippen molar-refractivity contribution in [1.29, 1.82) is 0 Å². The Hall–Kier alpha value is -0.820. The molecule has 0 saturated heterocycles. The first-order chi connectivity index (χ1) is 12.1. The van der Waals surface area contributed by atoms with E-state index in [1.165, 1.54) is 31.2 Å². The third kappa shape index (κ3) is 7.43. The zero-order chi connectivity index (χ0) is 18.1. The highest BCUT2D eigenvalue weighted by Crippen LogP contribution is 2.48. The minimum Gasteiger partial charge on any atom is -0.357 e. The van der Waals surface area contributed by atoms with E-state index in [0.717, 1.165) is 32.1 Å². The molecule has 0 unspecified atom stereocenters. The number of hydrogen-bond acceptors (Lipinski definition) is 2. The lowest BCUT2D eigenvalue weighted by Gasteiger charge is -2.21. The van der Waals surface area contributed by atoms with Crippen LogP contribution in [0.3, 0.4) is 0 Å². The summed E-state index contributed by atoms with van der Waals surface area (Å²) < 4.78 is 0. The lowest BCUT2D eigenvalue weighted by molar-refractivity contribution is 0.268. The predicted octanol–water partition coefficient (Wildman–Crippen LogP) is 4.01. The molecule has 0 bridgehead atoms. The molecule has 2 N–H and O–H groups in total. The van der Waals surface area contributed by atoms with E-state index in [0.29, 0.717) is 6.04 Å². The predicted molar refractivity (Wildman–Crippen MR) is 124 cm³/mol. The van der Waals surface area contributed by atoms with Gasteiger partial charge < -0.3 is 15.5 Å². The molecule has 0 radical (unpaired) electrons. The number of rotatable bonds is 10. The maximum atomic E-state index is 4.87. The van der Waals surface area contributed by atoms with Gasteiger partial charge in [-0.3, -0.25) is 4.99 Å². The standard InChI is InChI=1S/C21H36N4.HI/c1-5-22-20(23-15-9-10-16-25(4)18(2)3)24-17-21(13-14-21)19-11-7-6-8-12-19;/h6-8,11-12,18H,5,9-10,13-17H2,1-4H3,(H2,22,23,24);1H. The summed E-state index contributed by atoms with van der Waals surface area (Å²) in [5.74, 6) is 0.960. The van der Waals surface area contributed by atoms with Crippen molar-refractivity contribution in [1.82, 2.24) is 15.5 Å². The number of hydrogen-bond donors (Lipinski definition) is 2. The van der Waals surface area contributed by atoms with Crippen LogP contribution in [0.1, 0.15) is 52.0 Å². The van der Waals surface area contributed by atoms with E-state index in [1.54, 1.807) is 0 Å². The van der Waals surface area contributed by atoms with Crippen molar-refractivity contribution < 1.29 is 0 Å². The highest BCUT2D eigenvalue weighted by Gasteiger charge is 2.43. The summed E-state index contributed by atoms with van der Waals surface area (Å²) in [6.45, 7) is 10.5. The van der Waals surface area contributed by atoms with Gasteiger partial charge in [-0.1, -0.05) is 30.3 Å². The Morgan fingerprint density at radius 1 is 1.15 bits per heavy atom. The van der Waals surface area contributed by atoms with Gasteiger partial charge in [-0.2, -0.15) is 0 Å². The van der Waals surface area contributed by atoms with Gasteiger partial charge in [-0.05, 0) is 65.6 Å². The number of nitrogens with one attached hydrogen (secondary N) is 2. The Balaban J connectivity index is 0.00000338. The SMILES string of the molecule is CCNC(=NCC1(c2ccccc2)CC1)NCCCCN(C)C(C)C.I. The molecule has 1 aliphatic carbocycles. The van der Waals surface area contributed by atoms with Crippen molar-refractivity contribution in [3.05, 3.63) is 35.9 Å². The molecule has 1 fully saturated rings. The Morgan fingerprint density at radius 3 is 2.42 bits per heavy atom. The third-order valence-corrected chi connectivity index (χ3v) is 5.24. The number of unbranched alkanes of at least 4 members (excludes halogenated alkanes) is 1. The zero-order valence-corrected chi connectivity index (χ0v) is 19.3. The molecule has 0 heterocycles. The molecular formula is C21H37IN4. The first-order valence-corrected chi connectivity index (χ1v) is 9.85. The van der Waals surface area contributed by atoms with Crippen molar-refractivity contribution in [2.45, 2.75) is 57.9 Å². The number of aliphatic imine (C=N–C) groups is 1. The Kier molecular flexibility index (Phi) is 10.5. The first-order valence-electron chi connectivity index (χ1n) is 9.85. The number of guanidine groups is 1. The molecule has 0 aliphatic heterocycles. The topological polar surface area (TPSA) is 39.7 Å². The molecular weight excluding hydrogens is 435 g/mol. The summed E-state index contributed by atoms with van der Waals surface area (Å²) in [6.07, 6.45) is 4.89. The molecule has 1 aromatic rings. The normalized spacial score (nSPS) is 15.7. The van der Waals surface area contributed by atoms with Gasteiger partial charge >= 0.3 is 0 Å². The van der Waals surface area contributed by atoms with Gasteiger partial charge in [-0.25, -0.2) is 0 Å². The number of nitrogens with zero attached hydrogens (tertiary/aromatic N) is 2. The quantitative estimate of drug-likeness (QED) is 0.234.